The molecule has 6 nitrogen and oxygen atoms in total. The molecule has 7 heteroatoms. The quantitative estimate of drug-likeness (QED) is 0.844. The van der Waals surface area contributed by atoms with E-state index in [2.05, 4.69) is 41.0 Å². The van der Waals surface area contributed by atoms with Crippen LogP contribution in [0, 0.1) is 0 Å². The van der Waals surface area contributed by atoms with Crippen molar-refractivity contribution in [3.05, 3.63) is 52.8 Å². The van der Waals surface area contributed by atoms with Crippen LogP contribution in [0.15, 0.2) is 47.2 Å². The molecule has 2 heterocycles. The highest BCUT2D eigenvalue weighted by molar-refractivity contribution is 9.10. The van der Waals surface area contributed by atoms with Gasteiger partial charge in [0.15, 0.2) is 0 Å². The monoisotopic (exact) mass is 389 g/mol. The topological polar surface area (TPSA) is 61.4 Å². The van der Waals surface area contributed by atoms with Gasteiger partial charge in [-0.05, 0) is 24.3 Å². The lowest BCUT2D eigenvalue weighted by molar-refractivity contribution is 0.0947. The van der Waals surface area contributed by atoms with E-state index in [9.17, 15) is 4.79 Å². The number of nitrogens with zero attached hydrogens (tertiary/aromatic N) is 4. The first kappa shape index (κ1) is 16.9. The van der Waals surface area contributed by atoms with E-state index < -0.39 is 0 Å². The predicted molar refractivity (Wildman–Crippen MR) is 97.2 cm³/mol. The summed E-state index contributed by atoms with van der Waals surface area (Å²) in [5, 5.41) is 2.98. The molecule has 1 aromatic heterocycles. The van der Waals surface area contributed by atoms with Gasteiger partial charge in [-0.3, -0.25) is 9.69 Å². The fourth-order valence-electron chi connectivity index (χ4n) is 2.69. The Bertz CT molecular complexity index is 674. The molecule has 126 valence electrons. The average molecular weight is 390 g/mol. The van der Waals surface area contributed by atoms with Gasteiger partial charge in [0, 0.05) is 61.7 Å². The third kappa shape index (κ3) is 4.52. The van der Waals surface area contributed by atoms with Gasteiger partial charge in [0.25, 0.3) is 5.91 Å². The maximum Gasteiger partial charge on any atom is 0.251 e. The lowest BCUT2D eigenvalue weighted by Crippen LogP contribution is -2.49. The van der Waals surface area contributed by atoms with Crippen LogP contribution >= 0.6 is 15.9 Å². The van der Waals surface area contributed by atoms with E-state index in [1.54, 1.807) is 12.4 Å². The first-order chi connectivity index (χ1) is 11.7. The Kier molecular flexibility index (Phi) is 5.77. The SMILES string of the molecule is O=C(NCCN1CCN(c2ncccn2)CC1)c1cccc(Br)c1. The third-order valence-electron chi connectivity index (χ3n) is 4.01. The number of benzene rings is 1. The Morgan fingerprint density at radius 2 is 1.88 bits per heavy atom. The molecule has 1 fully saturated rings. The predicted octanol–water partition coefficient (Wildman–Crippen LogP) is 1.79. The molecule has 1 aliphatic heterocycles. The smallest absolute Gasteiger partial charge is 0.251 e. The molecule has 1 N–H and O–H groups in total. The standard InChI is InChI=1S/C17H20BrN5O/c18-15-4-1-3-14(13-15)16(24)19-7-8-22-9-11-23(12-10-22)17-20-5-2-6-21-17/h1-6,13H,7-12H2,(H,19,24). The van der Waals surface area contributed by atoms with Crippen LogP contribution in [0.1, 0.15) is 10.4 Å². The van der Waals surface area contributed by atoms with Crippen LogP contribution in [0.4, 0.5) is 5.95 Å². The van der Waals surface area contributed by atoms with Crippen molar-refractivity contribution in [1.29, 1.82) is 0 Å². The molecule has 2 aromatic rings. The number of carbonyl (C=O) groups is 1. The summed E-state index contributed by atoms with van der Waals surface area (Å²) in [6.45, 7) is 5.21. The number of hydrogen-bond donors (Lipinski definition) is 1. The van der Waals surface area contributed by atoms with Crippen LogP contribution in [-0.2, 0) is 0 Å². The highest BCUT2D eigenvalue weighted by Crippen LogP contribution is 2.11. The van der Waals surface area contributed by atoms with Crippen LogP contribution in [0.5, 0.6) is 0 Å². The summed E-state index contributed by atoms with van der Waals surface area (Å²) in [5.74, 6) is 0.757. The molecule has 1 amide bonds. The molecule has 1 aromatic carbocycles. The van der Waals surface area contributed by atoms with Crippen LogP contribution in [0.2, 0.25) is 0 Å². The molecule has 0 atom stereocenters. The van der Waals surface area contributed by atoms with Crippen LogP contribution in [-0.4, -0.2) is 60.0 Å². The molecule has 0 saturated carbocycles. The molecular formula is C17H20BrN5O. The van der Waals surface area contributed by atoms with Gasteiger partial charge in [0.05, 0.1) is 0 Å². The second-order valence-electron chi connectivity index (χ2n) is 5.64. The molecule has 0 spiro atoms. The molecule has 0 aliphatic carbocycles. The number of anilines is 1. The summed E-state index contributed by atoms with van der Waals surface area (Å²) in [5.41, 5.74) is 0.676. The van der Waals surface area contributed by atoms with Gasteiger partial charge < -0.3 is 10.2 Å². The summed E-state index contributed by atoms with van der Waals surface area (Å²) in [6, 6.07) is 9.25. The summed E-state index contributed by atoms with van der Waals surface area (Å²) in [4.78, 5) is 25.2. The van der Waals surface area contributed by atoms with Gasteiger partial charge in [-0.2, -0.15) is 0 Å². The highest BCUT2D eigenvalue weighted by atomic mass is 79.9. The Hall–Kier alpha value is -1.99. The van der Waals surface area contributed by atoms with E-state index in [1.165, 1.54) is 0 Å². The van der Waals surface area contributed by atoms with Gasteiger partial charge in [-0.1, -0.05) is 22.0 Å². The fourth-order valence-corrected chi connectivity index (χ4v) is 3.08. The largest absolute Gasteiger partial charge is 0.351 e. The van der Waals surface area contributed by atoms with Crippen LogP contribution < -0.4 is 10.2 Å². The number of aromatic nitrogens is 2. The van der Waals surface area contributed by atoms with E-state index in [0.29, 0.717) is 12.1 Å². The number of amides is 1. The minimum absolute atomic E-state index is 0.0346. The normalized spacial score (nSPS) is 15.3. The zero-order valence-electron chi connectivity index (χ0n) is 13.4. The van der Waals surface area contributed by atoms with Gasteiger partial charge >= 0.3 is 0 Å². The number of hydrogen-bond acceptors (Lipinski definition) is 5. The Morgan fingerprint density at radius 3 is 2.58 bits per heavy atom. The zero-order valence-corrected chi connectivity index (χ0v) is 14.9. The van der Waals surface area contributed by atoms with Crippen molar-refractivity contribution >= 4 is 27.8 Å². The first-order valence-corrected chi connectivity index (χ1v) is 8.80. The maximum atomic E-state index is 12.1. The Balaban J connectivity index is 1.40. The van der Waals surface area contributed by atoms with Crippen LogP contribution in [0.3, 0.4) is 0 Å². The maximum absolute atomic E-state index is 12.1. The molecule has 0 unspecified atom stereocenters. The highest BCUT2D eigenvalue weighted by Gasteiger charge is 2.18. The lowest BCUT2D eigenvalue weighted by Gasteiger charge is -2.34. The molecule has 0 radical (unpaired) electrons. The summed E-state index contributed by atoms with van der Waals surface area (Å²) >= 11 is 3.38. The minimum Gasteiger partial charge on any atom is -0.351 e. The van der Waals surface area contributed by atoms with Gasteiger partial charge in [0.2, 0.25) is 5.95 Å². The third-order valence-corrected chi connectivity index (χ3v) is 4.50. The number of piperazine rings is 1. The van der Waals surface area contributed by atoms with Crippen molar-refractivity contribution in [1.82, 2.24) is 20.2 Å². The second-order valence-corrected chi connectivity index (χ2v) is 6.56. The molecular weight excluding hydrogens is 370 g/mol. The van der Waals surface area contributed by atoms with Gasteiger partial charge in [-0.25, -0.2) is 9.97 Å². The number of halogens is 1. The van der Waals surface area contributed by atoms with E-state index in [0.717, 1.165) is 43.1 Å². The van der Waals surface area contributed by atoms with Crippen molar-refractivity contribution in [2.24, 2.45) is 0 Å². The fraction of sp³-hybridized carbons (Fsp3) is 0.353. The molecule has 1 aliphatic rings. The van der Waals surface area contributed by atoms with Crippen molar-refractivity contribution in [3.63, 3.8) is 0 Å². The van der Waals surface area contributed by atoms with E-state index in [1.807, 2.05) is 30.3 Å². The minimum atomic E-state index is -0.0346. The zero-order chi connectivity index (χ0) is 16.8. The Morgan fingerprint density at radius 1 is 1.12 bits per heavy atom. The van der Waals surface area contributed by atoms with E-state index >= 15 is 0 Å². The van der Waals surface area contributed by atoms with E-state index in [4.69, 9.17) is 0 Å². The van der Waals surface area contributed by atoms with E-state index in [-0.39, 0.29) is 5.91 Å². The van der Waals surface area contributed by atoms with Crippen molar-refractivity contribution in [2.75, 3.05) is 44.2 Å². The first-order valence-electron chi connectivity index (χ1n) is 8.00. The van der Waals surface area contributed by atoms with Crippen molar-refractivity contribution in [2.45, 2.75) is 0 Å². The summed E-state index contributed by atoms with van der Waals surface area (Å²) in [7, 11) is 0. The Labute approximate surface area is 150 Å². The number of carbonyl (C=O) groups excluding carboxylic acids is 1. The average Bonchev–Trinajstić information content (AvgIpc) is 2.63. The lowest BCUT2D eigenvalue weighted by atomic mass is 10.2. The second kappa shape index (κ2) is 8.21. The number of rotatable bonds is 5. The van der Waals surface area contributed by atoms with Crippen molar-refractivity contribution < 1.29 is 4.79 Å². The van der Waals surface area contributed by atoms with Crippen LogP contribution in [0.25, 0.3) is 0 Å². The molecule has 1 saturated heterocycles. The summed E-state index contributed by atoms with van der Waals surface area (Å²) < 4.78 is 0.911. The number of nitrogens with one attached hydrogen (secondary N) is 1. The molecule has 0 bridgehead atoms. The van der Waals surface area contributed by atoms with Gasteiger partial charge in [-0.15, -0.1) is 0 Å². The van der Waals surface area contributed by atoms with Gasteiger partial charge in [0.1, 0.15) is 0 Å². The van der Waals surface area contributed by atoms with Crippen molar-refractivity contribution in [3.8, 4) is 0 Å². The molecule has 3 rings (SSSR count). The molecule has 24 heavy (non-hydrogen) atoms. The summed E-state index contributed by atoms with van der Waals surface area (Å²) in [6.07, 6.45) is 3.54.